The van der Waals surface area contributed by atoms with Crippen molar-refractivity contribution in [2.45, 2.75) is 13.3 Å². The Labute approximate surface area is 120 Å². The van der Waals surface area contributed by atoms with Crippen LogP contribution >= 0.6 is 0 Å². The van der Waals surface area contributed by atoms with E-state index in [9.17, 15) is 0 Å². The third-order valence-corrected chi connectivity index (χ3v) is 2.95. The third-order valence-electron chi connectivity index (χ3n) is 2.95. The first kappa shape index (κ1) is 16.4. The smallest absolute Gasteiger partial charge is 0.139 e. The molecule has 0 bridgehead atoms. The summed E-state index contributed by atoms with van der Waals surface area (Å²) in [5, 5.41) is 7.69. The number of nitrogens with zero attached hydrogens (tertiary/aromatic N) is 2. The maximum atomic E-state index is 7.69. The van der Waals surface area contributed by atoms with Crippen molar-refractivity contribution < 1.29 is 9.47 Å². The monoisotopic (exact) mass is 280 g/mol. The lowest BCUT2D eigenvalue weighted by atomic mass is 10.2. The van der Waals surface area contributed by atoms with Crippen molar-refractivity contribution in [1.82, 2.24) is 4.98 Å². The lowest BCUT2D eigenvalue weighted by Gasteiger charge is -2.25. The van der Waals surface area contributed by atoms with E-state index >= 15 is 0 Å². The first-order chi connectivity index (χ1) is 9.60. The number of nitrogen functional groups attached to an aromatic ring is 1. The Hall–Kier alpha value is -1.66. The molecule has 1 rings (SSSR count). The zero-order valence-electron chi connectivity index (χ0n) is 12.5. The van der Waals surface area contributed by atoms with Crippen molar-refractivity contribution in [1.29, 1.82) is 5.41 Å². The van der Waals surface area contributed by atoms with Crippen LogP contribution in [0.4, 0.5) is 5.82 Å². The first-order valence-corrected chi connectivity index (χ1v) is 6.65. The number of nitrogens with one attached hydrogen (secondary N) is 1. The van der Waals surface area contributed by atoms with E-state index in [0.717, 1.165) is 24.5 Å². The maximum absolute atomic E-state index is 7.69. The van der Waals surface area contributed by atoms with Crippen LogP contribution in [0.5, 0.6) is 0 Å². The Bertz CT molecular complexity index is 437. The van der Waals surface area contributed by atoms with Gasteiger partial charge < -0.3 is 20.1 Å². The number of methoxy groups -OCH3 is 2. The number of ether oxygens (including phenoxy) is 2. The molecule has 6 heteroatoms. The van der Waals surface area contributed by atoms with Crippen LogP contribution in [0.3, 0.4) is 0 Å². The summed E-state index contributed by atoms with van der Waals surface area (Å²) < 4.78 is 10.2. The first-order valence-electron chi connectivity index (χ1n) is 6.65. The summed E-state index contributed by atoms with van der Waals surface area (Å²) in [6.45, 7) is 4.70. The molecule has 0 atom stereocenters. The van der Waals surface area contributed by atoms with Gasteiger partial charge in [-0.05, 0) is 25.5 Å². The van der Waals surface area contributed by atoms with Gasteiger partial charge in [-0.2, -0.15) is 0 Å². The molecular formula is C14H24N4O2. The van der Waals surface area contributed by atoms with Gasteiger partial charge in [0.1, 0.15) is 11.7 Å². The number of amidine groups is 1. The van der Waals surface area contributed by atoms with Crippen molar-refractivity contribution in [3.8, 4) is 0 Å². The van der Waals surface area contributed by atoms with Crippen LogP contribution < -0.4 is 10.6 Å². The Kier molecular flexibility index (Phi) is 6.97. The molecule has 0 radical (unpaired) electrons. The van der Waals surface area contributed by atoms with E-state index in [2.05, 4.69) is 9.88 Å². The van der Waals surface area contributed by atoms with Crippen LogP contribution in [-0.4, -0.2) is 51.3 Å². The molecule has 6 nitrogen and oxygen atoms in total. The van der Waals surface area contributed by atoms with Gasteiger partial charge in [0.2, 0.25) is 0 Å². The van der Waals surface area contributed by atoms with E-state index in [4.69, 9.17) is 20.6 Å². The summed E-state index contributed by atoms with van der Waals surface area (Å²) in [6, 6.07) is 3.71. The standard InChI is InChI=1S/C14H24N4O2/c1-11-5-6-12(13(15)16)14(17-11)18(8-10-20-3)7-4-9-19-2/h5-6H,4,7-10H2,1-3H3,(H3,15,16). The van der Waals surface area contributed by atoms with Crippen LogP contribution in [0.2, 0.25) is 0 Å². The highest BCUT2D eigenvalue weighted by Gasteiger charge is 2.15. The molecule has 1 aromatic rings. The minimum atomic E-state index is 0.0293. The van der Waals surface area contributed by atoms with Crippen molar-refractivity contribution >= 4 is 11.7 Å². The molecular weight excluding hydrogens is 256 g/mol. The number of aromatic nitrogens is 1. The van der Waals surface area contributed by atoms with Crippen LogP contribution in [-0.2, 0) is 9.47 Å². The second-order valence-corrected chi connectivity index (χ2v) is 4.56. The summed E-state index contributed by atoms with van der Waals surface area (Å²) >= 11 is 0. The molecule has 0 aliphatic heterocycles. The molecule has 0 saturated carbocycles. The molecule has 1 aromatic heterocycles. The van der Waals surface area contributed by atoms with E-state index in [1.54, 1.807) is 14.2 Å². The van der Waals surface area contributed by atoms with Crippen LogP contribution in [0, 0.1) is 12.3 Å². The number of aryl methyl sites for hydroxylation is 1. The number of rotatable bonds is 9. The summed E-state index contributed by atoms with van der Waals surface area (Å²) in [7, 11) is 3.36. The number of pyridine rings is 1. The molecule has 0 saturated heterocycles. The Morgan fingerprint density at radius 2 is 1.95 bits per heavy atom. The van der Waals surface area contributed by atoms with Crippen molar-refractivity contribution in [3.05, 3.63) is 23.4 Å². The van der Waals surface area contributed by atoms with Gasteiger partial charge in [0.05, 0.1) is 12.2 Å². The Balaban J connectivity index is 2.97. The lowest BCUT2D eigenvalue weighted by molar-refractivity contribution is 0.191. The normalized spacial score (nSPS) is 10.6. The average Bonchev–Trinajstić information content (AvgIpc) is 2.42. The van der Waals surface area contributed by atoms with Gasteiger partial charge in [0.25, 0.3) is 0 Å². The fraction of sp³-hybridized carbons (Fsp3) is 0.571. The van der Waals surface area contributed by atoms with Crippen molar-refractivity contribution in [2.24, 2.45) is 5.73 Å². The van der Waals surface area contributed by atoms with Gasteiger partial charge in [0, 0.05) is 39.6 Å². The van der Waals surface area contributed by atoms with Gasteiger partial charge in [-0.15, -0.1) is 0 Å². The van der Waals surface area contributed by atoms with Crippen LogP contribution in [0.25, 0.3) is 0 Å². The third kappa shape index (κ3) is 4.79. The Morgan fingerprint density at radius 3 is 2.55 bits per heavy atom. The minimum absolute atomic E-state index is 0.0293. The maximum Gasteiger partial charge on any atom is 0.139 e. The highest BCUT2D eigenvalue weighted by Crippen LogP contribution is 2.18. The molecule has 1 heterocycles. The predicted molar refractivity (Wildman–Crippen MR) is 80.6 cm³/mol. The molecule has 0 fully saturated rings. The number of nitrogens with two attached hydrogens (primary N) is 1. The molecule has 0 aliphatic carbocycles. The van der Waals surface area contributed by atoms with Crippen molar-refractivity contribution in [2.75, 3.05) is 45.4 Å². The van der Waals surface area contributed by atoms with E-state index in [-0.39, 0.29) is 5.84 Å². The second kappa shape index (κ2) is 8.50. The molecule has 0 aromatic carbocycles. The molecule has 3 N–H and O–H groups in total. The molecule has 20 heavy (non-hydrogen) atoms. The SMILES string of the molecule is COCCCN(CCOC)c1nc(C)ccc1C(=N)N. The number of anilines is 1. The molecule has 0 unspecified atom stereocenters. The lowest BCUT2D eigenvalue weighted by Crippen LogP contribution is -2.32. The fourth-order valence-electron chi connectivity index (χ4n) is 1.92. The predicted octanol–water partition coefficient (Wildman–Crippen LogP) is 1.16. The zero-order chi connectivity index (χ0) is 15.0. The van der Waals surface area contributed by atoms with Gasteiger partial charge >= 0.3 is 0 Å². The van der Waals surface area contributed by atoms with E-state index < -0.39 is 0 Å². The van der Waals surface area contributed by atoms with E-state index in [1.807, 2.05) is 19.1 Å². The summed E-state index contributed by atoms with van der Waals surface area (Å²) in [5.74, 6) is 0.771. The van der Waals surface area contributed by atoms with Gasteiger partial charge in [0.15, 0.2) is 0 Å². The van der Waals surface area contributed by atoms with Crippen LogP contribution in [0.1, 0.15) is 17.7 Å². The second-order valence-electron chi connectivity index (χ2n) is 4.56. The molecule has 112 valence electrons. The number of hydrogen-bond acceptors (Lipinski definition) is 5. The van der Waals surface area contributed by atoms with Gasteiger partial charge in [-0.1, -0.05) is 0 Å². The summed E-state index contributed by atoms with van der Waals surface area (Å²) in [5.41, 5.74) is 7.21. The molecule has 0 amide bonds. The Morgan fingerprint density at radius 1 is 1.25 bits per heavy atom. The largest absolute Gasteiger partial charge is 0.385 e. The zero-order valence-corrected chi connectivity index (χ0v) is 12.5. The summed E-state index contributed by atoms with van der Waals surface area (Å²) in [4.78, 5) is 6.62. The van der Waals surface area contributed by atoms with Crippen molar-refractivity contribution in [3.63, 3.8) is 0 Å². The average molecular weight is 280 g/mol. The topological polar surface area (TPSA) is 84.5 Å². The van der Waals surface area contributed by atoms with Gasteiger partial charge in [-0.25, -0.2) is 4.98 Å². The van der Waals surface area contributed by atoms with Gasteiger partial charge in [-0.3, -0.25) is 5.41 Å². The quantitative estimate of drug-likeness (QED) is 0.403. The summed E-state index contributed by atoms with van der Waals surface area (Å²) in [6.07, 6.45) is 0.882. The fourth-order valence-corrected chi connectivity index (χ4v) is 1.92. The van der Waals surface area contributed by atoms with E-state index in [1.165, 1.54) is 0 Å². The number of hydrogen-bond donors (Lipinski definition) is 2. The van der Waals surface area contributed by atoms with E-state index in [0.29, 0.717) is 25.3 Å². The molecule has 0 spiro atoms. The minimum Gasteiger partial charge on any atom is -0.385 e. The highest BCUT2D eigenvalue weighted by molar-refractivity contribution is 5.99. The molecule has 0 aliphatic rings. The van der Waals surface area contributed by atoms with Crippen LogP contribution in [0.15, 0.2) is 12.1 Å². The highest BCUT2D eigenvalue weighted by atomic mass is 16.5.